The number of hydrogen-bond donors (Lipinski definition) is 2. The summed E-state index contributed by atoms with van der Waals surface area (Å²) in [4.78, 5) is 14.5. The van der Waals surface area contributed by atoms with Gasteiger partial charge in [-0.3, -0.25) is 4.79 Å². The Labute approximate surface area is 145 Å². The molecule has 5 heteroatoms. The highest BCUT2D eigenvalue weighted by molar-refractivity contribution is 5.85. The van der Waals surface area contributed by atoms with Crippen LogP contribution in [-0.2, 0) is 24.1 Å². The number of benzene rings is 1. The van der Waals surface area contributed by atoms with Gasteiger partial charge in [0, 0.05) is 32.7 Å². The maximum absolute atomic E-state index is 12.0. The molecule has 0 aromatic heterocycles. The molecule has 1 fully saturated rings. The van der Waals surface area contributed by atoms with Crippen LogP contribution in [0.1, 0.15) is 29.5 Å². The summed E-state index contributed by atoms with van der Waals surface area (Å²) in [6, 6.07) is 6.54. The van der Waals surface area contributed by atoms with E-state index in [4.69, 9.17) is 0 Å². The minimum absolute atomic E-state index is 0. The van der Waals surface area contributed by atoms with E-state index < -0.39 is 0 Å². The number of rotatable bonds is 6. The first kappa shape index (κ1) is 18.2. The number of hydrogen-bond acceptors (Lipinski definition) is 3. The summed E-state index contributed by atoms with van der Waals surface area (Å²) in [7, 11) is 0. The van der Waals surface area contributed by atoms with Gasteiger partial charge in [0.15, 0.2) is 0 Å². The van der Waals surface area contributed by atoms with Gasteiger partial charge in [-0.15, -0.1) is 12.4 Å². The lowest BCUT2D eigenvalue weighted by atomic mass is 10.0. The molecule has 1 aromatic rings. The lowest BCUT2D eigenvalue weighted by Crippen LogP contribution is -2.44. The van der Waals surface area contributed by atoms with E-state index in [1.54, 1.807) is 0 Å². The molecular weight excluding hydrogens is 310 g/mol. The van der Waals surface area contributed by atoms with E-state index in [2.05, 4.69) is 33.7 Å². The lowest BCUT2D eigenvalue weighted by molar-refractivity contribution is -0.120. The molecule has 2 aliphatic rings. The zero-order valence-corrected chi connectivity index (χ0v) is 14.6. The molecule has 0 saturated carbocycles. The fourth-order valence-electron chi connectivity index (χ4n) is 3.45. The predicted octanol–water partition coefficient (Wildman–Crippen LogP) is 1.55. The molecule has 1 aliphatic carbocycles. The van der Waals surface area contributed by atoms with Crippen LogP contribution in [0.25, 0.3) is 0 Å². The Morgan fingerprint density at radius 2 is 1.96 bits per heavy atom. The molecule has 0 atom stereocenters. The monoisotopic (exact) mass is 337 g/mol. The second kappa shape index (κ2) is 9.26. The minimum Gasteiger partial charge on any atom is -0.356 e. The maximum Gasteiger partial charge on any atom is 0.224 e. The second-order valence-electron chi connectivity index (χ2n) is 6.43. The molecule has 1 heterocycles. The van der Waals surface area contributed by atoms with Crippen LogP contribution >= 0.6 is 12.4 Å². The number of carbonyl (C=O) groups excluding carboxylic acids is 1. The first-order valence-corrected chi connectivity index (χ1v) is 8.62. The van der Waals surface area contributed by atoms with Crippen LogP contribution in [-0.4, -0.2) is 50.1 Å². The summed E-state index contributed by atoms with van der Waals surface area (Å²) in [5, 5.41) is 6.41. The Balaban J connectivity index is 0.00000192. The van der Waals surface area contributed by atoms with Crippen molar-refractivity contribution in [2.75, 3.05) is 39.3 Å². The summed E-state index contributed by atoms with van der Waals surface area (Å²) in [6.07, 6.45) is 5.19. The molecule has 23 heavy (non-hydrogen) atoms. The summed E-state index contributed by atoms with van der Waals surface area (Å²) in [6.45, 7) is 6.30. The van der Waals surface area contributed by atoms with E-state index >= 15 is 0 Å². The van der Waals surface area contributed by atoms with Crippen LogP contribution < -0.4 is 10.6 Å². The highest BCUT2D eigenvalue weighted by Gasteiger charge is 2.12. The number of piperazine rings is 1. The average molecular weight is 338 g/mol. The fraction of sp³-hybridized carbons (Fsp3) is 0.611. The van der Waals surface area contributed by atoms with Crippen molar-refractivity contribution < 1.29 is 4.79 Å². The van der Waals surface area contributed by atoms with Crippen molar-refractivity contribution >= 4 is 18.3 Å². The van der Waals surface area contributed by atoms with Crippen LogP contribution in [0.5, 0.6) is 0 Å². The Kier molecular flexibility index (Phi) is 7.34. The van der Waals surface area contributed by atoms with Crippen molar-refractivity contribution in [2.24, 2.45) is 0 Å². The highest BCUT2D eigenvalue weighted by Crippen LogP contribution is 2.22. The molecule has 0 radical (unpaired) electrons. The number of aryl methyl sites for hydroxylation is 2. The topological polar surface area (TPSA) is 44.4 Å². The minimum atomic E-state index is 0. The molecule has 0 unspecified atom stereocenters. The third-order valence-corrected chi connectivity index (χ3v) is 4.71. The number of nitrogens with zero attached hydrogens (tertiary/aromatic N) is 1. The van der Waals surface area contributed by atoms with Crippen LogP contribution in [0, 0.1) is 0 Å². The summed E-state index contributed by atoms with van der Waals surface area (Å²) >= 11 is 0. The van der Waals surface area contributed by atoms with Crippen molar-refractivity contribution in [1.82, 2.24) is 15.5 Å². The van der Waals surface area contributed by atoms with Crippen molar-refractivity contribution in [3.05, 3.63) is 34.9 Å². The Morgan fingerprint density at radius 1 is 1.17 bits per heavy atom. The van der Waals surface area contributed by atoms with Gasteiger partial charge in [0.1, 0.15) is 0 Å². The third kappa shape index (κ3) is 5.48. The number of nitrogens with one attached hydrogen (secondary N) is 2. The molecule has 1 aliphatic heterocycles. The van der Waals surface area contributed by atoms with Gasteiger partial charge in [-0.2, -0.15) is 0 Å². The third-order valence-electron chi connectivity index (χ3n) is 4.71. The first-order valence-electron chi connectivity index (χ1n) is 8.62. The van der Waals surface area contributed by atoms with Crippen LogP contribution in [0.3, 0.4) is 0 Å². The standard InChI is InChI=1S/C18H27N3O.ClH/c22-18(20-7-2-10-21-11-8-19-9-12-21)14-15-5-6-16-3-1-4-17(16)13-15;/h5-6,13,19H,1-4,7-12,14H2,(H,20,22);1H. The summed E-state index contributed by atoms with van der Waals surface area (Å²) < 4.78 is 0. The molecule has 128 valence electrons. The first-order chi connectivity index (χ1) is 10.8. The van der Waals surface area contributed by atoms with Crippen LogP contribution in [0.15, 0.2) is 18.2 Å². The predicted molar refractivity (Wildman–Crippen MR) is 96.4 cm³/mol. The van der Waals surface area contributed by atoms with Crippen molar-refractivity contribution in [3.63, 3.8) is 0 Å². The van der Waals surface area contributed by atoms with E-state index in [0.29, 0.717) is 6.42 Å². The smallest absolute Gasteiger partial charge is 0.224 e. The van der Waals surface area contributed by atoms with E-state index in [9.17, 15) is 4.79 Å². The normalized spacial score (nSPS) is 17.4. The Hall–Kier alpha value is -1.10. The van der Waals surface area contributed by atoms with Crippen molar-refractivity contribution in [3.8, 4) is 0 Å². The number of halogens is 1. The Morgan fingerprint density at radius 3 is 2.78 bits per heavy atom. The molecule has 1 aromatic carbocycles. The average Bonchev–Trinajstić information content (AvgIpc) is 3.00. The Bertz CT molecular complexity index is 515. The van der Waals surface area contributed by atoms with Gasteiger partial charge in [-0.05, 0) is 48.9 Å². The van der Waals surface area contributed by atoms with Crippen molar-refractivity contribution in [1.29, 1.82) is 0 Å². The quantitative estimate of drug-likeness (QED) is 0.774. The fourth-order valence-corrected chi connectivity index (χ4v) is 3.45. The van der Waals surface area contributed by atoms with E-state index in [0.717, 1.165) is 51.3 Å². The number of fused-ring (bicyclic) bond motifs is 1. The van der Waals surface area contributed by atoms with Crippen molar-refractivity contribution in [2.45, 2.75) is 32.1 Å². The number of amides is 1. The van der Waals surface area contributed by atoms with Crippen LogP contribution in [0.2, 0.25) is 0 Å². The van der Waals surface area contributed by atoms with Gasteiger partial charge in [-0.25, -0.2) is 0 Å². The van der Waals surface area contributed by atoms with E-state index in [-0.39, 0.29) is 18.3 Å². The molecular formula is C18H28ClN3O. The van der Waals surface area contributed by atoms with E-state index in [1.165, 1.54) is 30.4 Å². The molecule has 4 nitrogen and oxygen atoms in total. The van der Waals surface area contributed by atoms with Gasteiger partial charge in [0.2, 0.25) is 5.91 Å². The van der Waals surface area contributed by atoms with Gasteiger partial charge in [0.25, 0.3) is 0 Å². The number of carbonyl (C=O) groups is 1. The highest BCUT2D eigenvalue weighted by atomic mass is 35.5. The zero-order chi connectivity index (χ0) is 15.2. The van der Waals surface area contributed by atoms with Gasteiger partial charge >= 0.3 is 0 Å². The second-order valence-corrected chi connectivity index (χ2v) is 6.43. The molecule has 3 rings (SSSR count). The lowest BCUT2D eigenvalue weighted by Gasteiger charge is -2.27. The molecule has 0 bridgehead atoms. The molecule has 1 amide bonds. The summed E-state index contributed by atoms with van der Waals surface area (Å²) in [5.74, 6) is 0.151. The SMILES string of the molecule is Cl.O=C(Cc1ccc2c(c1)CCC2)NCCCN1CCNCC1. The molecule has 2 N–H and O–H groups in total. The van der Waals surface area contributed by atoms with E-state index in [1.807, 2.05) is 0 Å². The zero-order valence-electron chi connectivity index (χ0n) is 13.8. The molecule has 1 saturated heterocycles. The van der Waals surface area contributed by atoms with Gasteiger partial charge in [-0.1, -0.05) is 18.2 Å². The van der Waals surface area contributed by atoms with Crippen LogP contribution in [0.4, 0.5) is 0 Å². The van der Waals surface area contributed by atoms with Gasteiger partial charge < -0.3 is 15.5 Å². The molecule has 0 spiro atoms. The summed E-state index contributed by atoms with van der Waals surface area (Å²) in [5.41, 5.74) is 4.07. The largest absolute Gasteiger partial charge is 0.356 e. The van der Waals surface area contributed by atoms with Gasteiger partial charge in [0.05, 0.1) is 6.42 Å². The maximum atomic E-state index is 12.0.